The van der Waals surface area contributed by atoms with Gasteiger partial charge in [0.2, 0.25) is 12.2 Å². The Bertz CT molecular complexity index is 898. The van der Waals surface area contributed by atoms with Crippen molar-refractivity contribution in [3.8, 4) is 0 Å². The first-order valence-electron chi connectivity index (χ1n) is 10.5. The van der Waals surface area contributed by atoms with Crippen LogP contribution in [-0.4, -0.2) is 62.7 Å². The highest BCUT2D eigenvalue weighted by atomic mass is 32.2. The fourth-order valence-corrected chi connectivity index (χ4v) is 3.53. The van der Waals surface area contributed by atoms with E-state index in [-0.39, 0.29) is 30.2 Å². The highest BCUT2D eigenvalue weighted by molar-refractivity contribution is 7.86. The number of ether oxygens (including phenoxy) is 2. The molecule has 0 radical (unpaired) electrons. The molecule has 2 atom stereocenters. The minimum Gasteiger partial charge on any atom is -0.423 e. The van der Waals surface area contributed by atoms with Crippen molar-refractivity contribution in [3.63, 3.8) is 0 Å². The van der Waals surface area contributed by atoms with E-state index in [1.54, 1.807) is 44.2 Å². The fraction of sp³-hybridized carbons (Fsp3) is 0.591. The Balaban J connectivity index is 2.67. The van der Waals surface area contributed by atoms with Crippen LogP contribution < -0.4 is 5.32 Å². The Morgan fingerprint density at radius 1 is 1.09 bits per heavy atom. The van der Waals surface area contributed by atoms with Crippen molar-refractivity contribution >= 4 is 28.0 Å². The van der Waals surface area contributed by atoms with Crippen molar-refractivity contribution in [2.75, 3.05) is 18.9 Å². The van der Waals surface area contributed by atoms with Gasteiger partial charge < -0.3 is 19.9 Å². The van der Waals surface area contributed by atoms with Crippen molar-refractivity contribution in [1.82, 2.24) is 5.32 Å². The number of aliphatic hydroxyl groups is 1. The minimum atomic E-state index is -3.94. The molecule has 10 nitrogen and oxygen atoms in total. The van der Waals surface area contributed by atoms with Crippen molar-refractivity contribution in [2.24, 2.45) is 11.3 Å². The Morgan fingerprint density at radius 3 is 2.24 bits per heavy atom. The van der Waals surface area contributed by atoms with Gasteiger partial charge in [0.1, 0.15) is 0 Å². The number of benzene rings is 1. The molecule has 0 aromatic heterocycles. The van der Waals surface area contributed by atoms with Gasteiger partial charge in [0.05, 0.1) is 17.9 Å². The SMILES string of the molecule is CC(=O)NCCCS(=O)(=O)OCC(C)(C)[C@@H](O)C(=O)OC(OC(=O)c1ccccc1)C(C)C. The number of carbonyl (C=O) groups excluding carboxylic acids is 3. The van der Waals surface area contributed by atoms with Gasteiger partial charge in [-0.3, -0.25) is 8.98 Å². The van der Waals surface area contributed by atoms with Crippen LogP contribution in [-0.2, 0) is 33.4 Å². The first-order valence-corrected chi connectivity index (χ1v) is 12.1. The molecule has 1 aromatic carbocycles. The monoisotopic (exact) mass is 487 g/mol. The third-order valence-electron chi connectivity index (χ3n) is 4.53. The summed E-state index contributed by atoms with van der Waals surface area (Å²) < 4.78 is 39.5. The van der Waals surface area contributed by atoms with Crippen LogP contribution in [0.2, 0.25) is 0 Å². The summed E-state index contributed by atoms with van der Waals surface area (Å²) >= 11 is 0. The van der Waals surface area contributed by atoms with Crippen LogP contribution in [0.5, 0.6) is 0 Å². The van der Waals surface area contributed by atoms with Crippen LogP contribution in [0.25, 0.3) is 0 Å². The molecule has 0 saturated heterocycles. The third-order valence-corrected chi connectivity index (χ3v) is 5.79. The molecular weight excluding hydrogens is 454 g/mol. The number of amides is 1. The van der Waals surface area contributed by atoms with Gasteiger partial charge in [0, 0.05) is 24.8 Å². The molecule has 0 heterocycles. The molecule has 0 aliphatic rings. The molecule has 0 saturated carbocycles. The number of nitrogens with one attached hydrogen (secondary N) is 1. The van der Waals surface area contributed by atoms with E-state index >= 15 is 0 Å². The zero-order chi connectivity index (χ0) is 25.2. The predicted octanol–water partition coefficient (Wildman–Crippen LogP) is 1.63. The molecule has 1 aromatic rings. The first kappa shape index (κ1) is 28.5. The topological polar surface area (TPSA) is 145 Å². The van der Waals surface area contributed by atoms with Gasteiger partial charge in [-0.1, -0.05) is 45.9 Å². The predicted molar refractivity (Wildman–Crippen MR) is 119 cm³/mol. The standard InChI is InChI=1S/C22H33NO9S/c1-15(2)21(31-19(26)17-10-7-6-8-11-17)32-20(27)18(25)22(4,5)14-30-33(28,29)13-9-12-23-16(3)24/h6-8,10-11,15,18,21,25H,9,12-14H2,1-5H3,(H,23,24)/t18-,21?/m0/s1. The molecule has 0 aliphatic carbocycles. The molecule has 0 fully saturated rings. The van der Waals surface area contributed by atoms with Crippen LogP contribution in [0, 0.1) is 11.3 Å². The van der Waals surface area contributed by atoms with Gasteiger partial charge in [-0.25, -0.2) is 9.59 Å². The molecule has 0 aliphatic heterocycles. The number of carbonyl (C=O) groups is 3. The maximum Gasteiger partial charge on any atom is 0.341 e. The highest BCUT2D eigenvalue weighted by Gasteiger charge is 2.38. The van der Waals surface area contributed by atoms with Crippen LogP contribution in [0.1, 0.15) is 51.4 Å². The molecule has 1 amide bonds. The van der Waals surface area contributed by atoms with E-state index in [2.05, 4.69) is 5.32 Å². The van der Waals surface area contributed by atoms with E-state index in [1.165, 1.54) is 20.8 Å². The molecule has 1 unspecified atom stereocenters. The summed E-state index contributed by atoms with van der Waals surface area (Å²) in [5.74, 6) is -2.78. The van der Waals surface area contributed by atoms with E-state index in [0.717, 1.165) is 0 Å². The van der Waals surface area contributed by atoms with Crippen LogP contribution in [0.4, 0.5) is 0 Å². The van der Waals surface area contributed by atoms with Crippen molar-refractivity contribution < 1.29 is 41.6 Å². The Hall–Kier alpha value is -2.50. The van der Waals surface area contributed by atoms with Crippen LogP contribution in [0.3, 0.4) is 0 Å². The summed E-state index contributed by atoms with van der Waals surface area (Å²) in [6.45, 7) is 7.23. The quantitative estimate of drug-likeness (QED) is 0.183. The van der Waals surface area contributed by atoms with Gasteiger partial charge in [0.15, 0.2) is 6.10 Å². The van der Waals surface area contributed by atoms with E-state index in [0.29, 0.717) is 0 Å². The molecule has 0 spiro atoms. The number of hydrogen-bond donors (Lipinski definition) is 2. The summed E-state index contributed by atoms with van der Waals surface area (Å²) in [6.07, 6.45) is -2.85. The highest BCUT2D eigenvalue weighted by Crippen LogP contribution is 2.25. The van der Waals surface area contributed by atoms with Crippen molar-refractivity contribution in [3.05, 3.63) is 35.9 Å². The van der Waals surface area contributed by atoms with Crippen LogP contribution in [0.15, 0.2) is 30.3 Å². The summed E-state index contributed by atoms with van der Waals surface area (Å²) in [5.41, 5.74) is -1.05. The molecule has 1 rings (SSSR count). The lowest BCUT2D eigenvalue weighted by molar-refractivity contribution is -0.191. The van der Waals surface area contributed by atoms with Gasteiger partial charge in [-0.05, 0) is 18.6 Å². The zero-order valence-electron chi connectivity index (χ0n) is 19.6. The van der Waals surface area contributed by atoms with E-state index in [1.807, 2.05) is 0 Å². The smallest absolute Gasteiger partial charge is 0.341 e. The summed E-state index contributed by atoms with van der Waals surface area (Å²) in [7, 11) is -3.94. The van der Waals surface area contributed by atoms with E-state index in [4.69, 9.17) is 13.7 Å². The Kier molecular flexibility index (Phi) is 10.9. The Labute approximate surface area is 194 Å². The fourth-order valence-electron chi connectivity index (χ4n) is 2.43. The lowest BCUT2D eigenvalue weighted by Gasteiger charge is -2.30. The zero-order valence-corrected chi connectivity index (χ0v) is 20.4. The lowest BCUT2D eigenvalue weighted by atomic mass is 9.87. The average Bonchev–Trinajstić information content (AvgIpc) is 2.74. The lowest BCUT2D eigenvalue weighted by Crippen LogP contribution is -2.44. The number of esters is 2. The molecule has 0 bridgehead atoms. The van der Waals surface area contributed by atoms with Crippen LogP contribution >= 0.6 is 0 Å². The second-order valence-electron chi connectivity index (χ2n) is 8.57. The average molecular weight is 488 g/mol. The van der Waals surface area contributed by atoms with Crippen molar-refractivity contribution in [2.45, 2.75) is 53.4 Å². The minimum absolute atomic E-state index is 0.149. The third kappa shape index (κ3) is 10.3. The van der Waals surface area contributed by atoms with Gasteiger partial charge in [-0.15, -0.1) is 0 Å². The maximum atomic E-state index is 12.5. The second-order valence-corrected chi connectivity index (χ2v) is 10.3. The molecule has 2 N–H and O–H groups in total. The molecule has 33 heavy (non-hydrogen) atoms. The second kappa shape index (κ2) is 12.7. The number of hydrogen-bond acceptors (Lipinski definition) is 9. The van der Waals surface area contributed by atoms with Gasteiger partial charge >= 0.3 is 11.9 Å². The van der Waals surface area contributed by atoms with Gasteiger partial charge in [-0.2, -0.15) is 8.42 Å². The van der Waals surface area contributed by atoms with E-state index < -0.39 is 52.4 Å². The van der Waals surface area contributed by atoms with Gasteiger partial charge in [0.25, 0.3) is 10.1 Å². The molecule has 11 heteroatoms. The van der Waals surface area contributed by atoms with Crippen molar-refractivity contribution in [1.29, 1.82) is 0 Å². The first-order chi connectivity index (χ1) is 15.2. The summed E-state index contributed by atoms with van der Waals surface area (Å²) in [6, 6.07) is 8.15. The molecule has 186 valence electrons. The normalized spacial score (nSPS) is 13.8. The number of aliphatic hydroxyl groups excluding tert-OH is 1. The maximum absolute atomic E-state index is 12.5. The summed E-state index contributed by atoms with van der Waals surface area (Å²) in [4.78, 5) is 35.6. The number of rotatable bonds is 13. The van der Waals surface area contributed by atoms with E-state index in [9.17, 15) is 27.9 Å². The summed E-state index contributed by atoms with van der Waals surface area (Å²) in [5, 5.41) is 12.9. The Morgan fingerprint density at radius 2 is 1.70 bits per heavy atom. The molecular formula is C22H33NO9S. The largest absolute Gasteiger partial charge is 0.423 e.